The van der Waals surface area contributed by atoms with E-state index in [0.29, 0.717) is 12.1 Å². The Morgan fingerprint density at radius 1 is 1.14 bits per heavy atom. The van der Waals surface area contributed by atoms with Crippen molar-refractivity contribution in [3.05, 3.63) is 35.4 Å². The number of hydrogen-bond donors (Lipinski definition) is 3. The summed E-state index contributed by atoms with van der Waals surface area (Å²) in [4.78, 5) is 14.9. The van der Waals surface area contributed by atoms with Crippen LogP contribution in [0.1, 0.15) is 37.7 Å². The van der Waals surface area contributed by atoms with E-state index >= 15 is 0 Å². The van der Waals surface area contributed by atoms with Crippen molar-refractivity contribution in [2.24, 2.45) is 5.41 Å². The molecule has 154 valence electrons. The maximum Gasteiger partial charge on any atom is 0.237 e. The fourth-order valence-corrected chi connectivity index (χ4v) is 4.94. The van der Waals surface area contributed by atoms with Crippen molar-refractivity contribution in [2.75, 3.05) is 32.7 Å². The normalized spacial score (nSPS) is 25.9. The molecule has 3 fully saturated rings. The van der Waals surface area contributed by atoms with Gasteiger partial charge in [-0.3, -0.25) is 9.69 Å². The van der Waals surface area contributed by atoms with Gasteiger partial charge in [0.2, 0.25) is 5.91 Å². The highest BCUT2D eigenvalue weighted by Gasteiger charge is 2.42. The summed E-state index contributed by atoms with van der Waals surface area (Å²) in [7, 11) is 0. The molecular formula is C21H30F2N4O. The Bertz CT molecular complexity index is 679. The van der Waals surface area contributed by atoms with Crippen LogP contribution >= 0.6 is 0 Å². The van der Waals surface area contributed by atoms with Gasteiger partial charge in [-0.15, -0.1) is 0 Å². The van der Waals surface area contributed by atoms with Gasteiger partial charge in [0, 0.05) is 38.3 Å². The van der Waals surface area contributed by atoms with Gasteiger partial charge < -0.3 is 16.0 Å². The summed E-state index contributed by atoms with van der Waals surface area (Å²) >= 11 is 0. The van der Waals surface area contributed by atoms with Gasteiger partial charge in [0.05, 0.1) is 6.04 Å². The number of rotatable bonds is 4. The van der Waals surface area contributed by atoms with E-state index in [1.807, 2.05) is 0 Å². The molecule has 1 atom stereocenters. The third-order valence-electron chi connectivity index (χ3n) is 6.60. The molecule has 3 heterocycles. The molecular weight excluding hydrogens is 362 g/mol. The second-order valence-corrected chi connectivity index (χ2v) is 8.72. The van der Waals surface area contributed by atoms with Gasteiger partial charge in [-0.1, -0.05) is 0 Å². The molecule has 7 heteroatoms. The number of amides is 1. The molecule has 3 N–H and O–H groups in total. The molecule has 0 saturated carbocycles. The van der Waals surface area contributed by atoms with Crippen molar-refractivity contribution in [3.63, 3.8) is 0 Å². The van der Waals surface area contributed by atoms with Crippen LogP contribution in [0.4, 0.5) is 8.78 Å². The van der Waals surface area contributed by atoms with Crippen molar-refractivity contribution in [3.8, 4) is 0 Å². The van der Waals surface area contributed by atoms with Crippen molar-refractivity contribution < 1.29 is 13.6 Å². The molecule has 1 unspecified atom stereocenters. The Morgan fingerprint density at radius 2 is 1.82 bits per heavy atom. The topological polar surface area (TPSA) is 56.4 Å². The van der Waals surface area contributed by atoms with E-state index in [2.05, 4.69) is 20.9 Å². The highest BCUT2D eigenvalue weighted by molar-refractivity contribution is 5.82. The monoisotopic (exact) mass is 392 g/mol. The number of carbonyl (C=O) groups excluding carboxylic acids is 1. The number of likely N-dealkylation sites (tertiary alicyclic amines) is 1. The van der Waals surface area contributed by atoms with Crippen molar-refractivity contribution in [1.82, 2.24) is 20.9 Å². The lowest BCUT2D eigenvalue weighted by Crippen LogP contribution is -2.49. The largest absolute Gasteiger partial charge is 0.352 e. The molecule has 1 amide bonds. The Morgan fingerprint density at radius 3 is 2.50 bits per heavy atom. The quantitative estimate of drug-likeness (QED) is 0.731. The molecule has 3 saturated heterocycles. The van der Waals surface area contributed by atoms with Crippen LogP contribution in [0, 0.1) is 17.0 Å². The highest BCUT2D eigenvalue weighted by atomic mass is 19.1. The molecule has 1 aromatic carbocycles. The minimum Gasteiger partial charge on any atom is -0.352 e. The summed E-state index contributed by atoms with van der Waals surface area (Å²) in [6, 6.07) is 3.78. The van der Waals surface area contributed by atoms with E-state index < -0.39 is 11.6 Å². The number of nitrogens with one attached hydrogen (secondary N) is 3. The summed E-state index contributed by atoms with van der Waals surface area (Å²) in [6.07, 6.45) is 4.95. The van der Waals surface area contributed by atoms with E-state index in [4.69, 9.17) is 0 Å². The van der Waals surface area contributed by atoms with E-state index in [1.165, 1.54) is 12.1 Å². The second-order valence-electron chi connectivity index (χ2n) is 8.72. The van der Waals surface area contributed by atoms with Crippen molar-refractivity contribution >= 4 is 5.91 Å². The summed E-state index contributed by atoms with van der Waals surface area (Å²) in [6.45, 7) is 5.20. The van der Waals surface area contributed by atoms with E-state index in [9.17, 15) is 13.6 Å². The van der Waals surface area contributed by atoms with E-state index in [1.54, 1.807) is 0 Å². The Hall–Kier alpha value is -1.57. The lowest BCUT2D eigenvalue weighted by molar-refractivity contribution is -0.124. The molecule has 4 rings (SSSR count). The molecule has 1 spiro atoms. The van der Waals surface area contributed by atoms with E-state index in [-0.39, 0.29) is 23.4 Å². The van der Waals surface area contributed by atoms with Gasteiger partial charge in [-0.2, -0.15) is 0 Å². The summed E-state index contributed by atoms with van der Waals surface area (Å²) in [5.41, 5.74) is 0.944. The Labute approximate surface area is 165 Å². The summed E-state index contributed by atoms with van der Waals surface area (Å²) < 4.78 is 26.7. The molecule has 3 aliphatic rings. The first kappa shape index (κ1) is 19.7. The minimum atomic E-state index is -0.535. The third kappa shape index (κ3) is 4.70. The fourth-order valence-electron chi connectivity index (χ4n) is 4.94. The van der Waals surface area contributed by atoms with Crippen LogP contribution in [0.25, 0.3) is 0 Å². The third-order valence-corrected chi connectivity index (χ3v) is 6.60. The number of hydrogen-bond acceptors (Lipinski definition) is 4. The number of nitrogens with zero attached hydrogens (tertiary/aromatic N) is 1. The van der Waals surface area contributed by atoms with Gasteiger partial charge in [0.25, 0.3) is 0 Å². The van der Waals surface area contributed by atoms with Crippen LogP contribution in [0.2, 0.25) is 0 Å². The molecule has 1 aromatic rings. The van der Waals surface area contributed by atoms with Crippen molar-refractivity contribution in [2.45, 2.75) is 50.7 Å². The molecule has 28 heavy (non-hydrogen) atoms. The van der Waals surface area contributed by atoms with Gasteiger partial charge in [-0.25, -0.2) is 8.78 Å². The average molecular weight is 392 g/mol. The first-order chi connectivity index (χ1) is 13.5. The Balaban J connectivity index is 1.22. The number of benzene rings is 1. The van der Waals surface area contributed by atoms with Crippen LogP contribution in [0.3, 0.4) is 0 Å². The average Bonchev–Trinajstić information content (AvgIpc) is 3.06. The lowest BCUT2D eigenvalue weighted by atomic mass is 9.77. The predicted molar refractivity (Wildman–Crippen MR) is 104 cm³/mol. The highest BCUT2D eigenvalue weighted by Crippen LogP contribution is 2.37. The van der Waals surface area contributed by atoms with Gasteiger partial charge >= 0.3 is 0 Å². The molecule has 0 aliphatic carbocycles. The van der Waals surface area contributed by atoms with E-state index in [0.717, 1.165) is 70.9 Å². The zero-order chi connectivity index (χ0) is 19.6. The zero-order valence-electron chi connectivity index (χ0n) is 16.3. The first-order valence-electron chi connectivity index (χ1n) is 10.4. The first-order valence-corrected chi connectivity index (χ1v) is 10.4. The van der Waals surface area contributed by atoms with Crippen LogP contribution in [-0.4, -0.2) is 55.6 Å². The molecule has 5 nitrogen and oxygen atoms in total. The van der Waals surface area contributed by atoms with Gasteiger partial charge in [0.1, 0.15) is 11.6 Å². The Kier molecular flexibility index (Phi) is 5.94. The molecule has 0 radical (unpaired) electrons. The lowest BCUT2D eigenvalue weighted by Gasteiger charge is -2.34. The standard InChI is InChI=1S/C21H30F2N4O/c22-16-9-15(10-17(23)11-16)13-27-7-1-18(2-8-27)26-20(28)19-12-21(14-25-19)3-5-24-6-4-21/h9-11,18-19,24-25H,1-8,12-14H2,(H,26,28). The second kappa shape index (κ2) is 8.43. The number of carbonyl (C=O) groups is 1. The minimum absolute atomic E-state index is 0.0774. The van der Waals surface area contributed by atoms with Crippen molar-refractivity contribution in [1.29, 1.82) is 0 Å². The summed E-state index contributed by atoms with van der Waals surface area (Å²) in [5, 5.41) is 10.1. The molecule has 0 aromatic heterocycles. The van der Waals surface area contributed by atoms with Crippen LogP contribution in [0.15, 0.2) is 18.2 Å². The maximum atomic E-state index is 13.4. The number of piperidine rings is 2. The smallest absolute Gasteiger partial charge is 0.237 e. The van der Waals surface area contributed by atoms with Crippen LogP contribution in [0.5, 0.6) is 0 Å². The summed E-state index contributed by atoms with van der Waals surface area (Å²) in [5.74, 6) is -0.943. The zero-order valence-corrected chi connectivity index (χ0v) is 16.3. The number of halogens is 2. The van der Waals surface area contributed by atoms with Gasteiger partial charge in [-0.05, 0) is 68.3 Å². The van der Waals surface area contributed by atoms with Gasteiger partial charge in [0.15, 0.2) is 0 Å². The molecule has 3 aliphatic heterocycles. The molecule has 0 bridgehead atoms. The maximum absolute atomic E-state index is 13.4. The van der Waals surface area contributed by atoms with Crippen LogP contribution in [-0.2, 0) is 11.3 Å². The fraction of sp³-hybridized carbons (Fsp3) is 0.667. The SMILES string of the molecule is O=C(NC1CCN(Cc2cc(F)cc(F)c2)CC1)C1CC2(CCNCC2)CN1. The van der Waals surface area contributed by atoms with Crippen LogP contribution < -0.4 is 16.0 Å². The predicted octanol–water partition coefficient (Wildman–Crippen LogP) is 1.78.